The summed E-state index contributed by atoms with van der Waals surface area (Å²) in [6.07, 6.45) is 8.13. The molecule has 1 heterocycles. The number of para-hydroxylation sites is 1. The molecular weight excluding hydrogens is 258 g/mol. The maximum atomic E-state index is 5.84. The first kappa shape index (κ1) is 14.9. The second kappa shape index (κ2) is 6.83. The lowest BCUT2D eigenvalue weighted by Crippen LogP contribution is -2.42. The Kier molecular flexibility index (Phi) is 4.84. The standard InChI is InChI=1S/C19H29NO/c1-3-14-8-10-15(11-9-14)19(20-2)17-12-13-21-18-7-5-4-6-16(17)18/h4-7,14-15,17,19-20H,3,8-13H2,1-2H3. The molecule has 0 aromatic heterocycles. The Bertz CT molecular complexity index is 451. The van der Waals surface area contributed by atoms with E-state index in [1.807, 2.05) is 0 Å². The van der Waals surface area contributed by atoms with Gasteiger partial charge in [-0.25, -0.2) is 0 Å². The van der Waals surface area contributed by atoms with Crippen LogP contribution in [0.2, 0.25) is 0 Å². The van der Waals surface area contributed by atoms with Gasteiger partial charge in [-0.05, 0) is 49.8 Å². The summed E-state index contributed by atoms with van der Waals surface area (Å²) in [6.45, 7) is 3.21. The quantitative estimate of drug-likeness (QED) is 0.888. The van der Waals surface area contributed by atoms with Gasteiger partial charge in [-0.15, -0.1) is 0 Å². The number of benzene rings is 1. The monoisotopic (exact) mass is 287 g/mol. The molecule has 0 saturated heterocycles. The van der Waals surface area contributed by atoms with Crippen molar-refractivity contribution in [1.29, 1.82) is 0 Å². The third-order valence-electron chi connectivity index (χ3n) is 5.75. The molecule has 2 nitrogen and oxygen atoms in total. The zero-order valence-corrected chi connectivity index (χ0v) is 13.5. The minimum absolute atomic E-state index is 0.604. The van der Waals surface area contributed by atoms with Crippen molar-refractivity contribution in [3.63, 3.8) is 0 Å². The smallest absolute Gasteiger partial charge is 0.122 e. The van der Waals surface area contributed by atoms with Crippen LogP contribution < -0.4 is 10.1 Å². The molecule has 2 heteroatoms. The van der Waals surface area contributed by atoms with Gasteiger partial charge >= 0.3 is 0 Å². The zero-order chi connectivity index (χ0) is 14.7. The van der Waals surface area contributed by atoms with Crippen LogP contribution in [0, 0.1) is 11.8 Å². The molecule has 1 aliphatic carbocycles. The van der Waals surface area contributed by atoms with E-state index in [1.165, 1.54) is 37.7 Å². The average Bonchev–Trinajstić information content (AvgIpc) is 2.56. The largest absolute Gasteiger partial charge is 0.493 e. The SMILES string of the molecule is CCC1CCC(C(NC)C2CCOc3ccccc32)CC1. The first-order valence-electron chi connectivity index (χ1n) is 8.72. The highest BCUT2D eigenvalue weighted by Crippen LogP contribution is 2.41. The highest BCUT2D eigenvalue weighted by atomic mass is 16.5. The maximum absolute atomic E-state index is 5.84. The van der Waals surface area contributed by atoms with Crippen molar-refractivity contribution in [3.05, 3.63) is 29.8 Å². The first-order valence-corrected chi connectivity index (χ1v) is 8.72. The molecule has 0 spiro atoms. The number of hydrogen-bond acceptors (Lipinski definition) is 2. The van der Waals surface area contributed by atoms with Crippen molar-refractivity contribution < 1.29 is 4.74 Å². The van der Waals surface area contributed by atoms with Crippen LogP contribution in [-0.2, 0) is 0 Å². The molecule has 3 rings (SSSR count). The molecule has 2 atom stereocenters. The molecular formula is C19H29NO. The maximum Gasteiger partial charge on any atom is 0.122 e. The third-order valence-corrected chi connectivity index (χ3v) is 5.75. The van der Waals surface area contributed by atoms with Gasteiger partial charge in [-0.3, -0.25) is 0 Å². The Morgan fingerprint density at radius 2 is 1.90 bits per heavy atom. The van der Waals surface area contributed by atoms with Gasteiger partial charge in [0, 0.05) is 12.0 Å². The van der Waals surface area contributed by atoms with Gasteiger partial charge < -0.3 is 10.1 Å². The summed E-state index contributed by atoms with van der Waals surface area (Å²) in [7, 11) is 2.15. The highest BCUT2D eigenvalue weighted by molar-refractivity contribution is 5.38. The summed E-state index contributed by atoms with van der Waals surface area (Å²) in [4.78, 5) is 0. The number of nitrogens with one attached hydrogen (secondary N) is 1. The van der Waals surface area contributed by atoms with Crippen LogP contribution in [0.1, 0.15) is 56.9 Å². The molecule has 1 aromatic rings. The summed E-state index contributed by atoms with van der Waals surface area (Å²) in [5.41, 5.74) is 1.42. The molecule has 0 amide bonds. The second-order valence-corrected chi connectivity index (χ2v) is 6.78. The van der Waals surface area contributed by atoms with Gasteiger partial charge in [0.15, 0.2) is 0 Å². The van der Waals surface area contributed by atoms with Crippen LogP contribution in [-0.4, -0.2) is 19.7 Å². The van der Waals surface area contributed by atoms with Crippen molar-refractivity contribution in [3.8, 4) is 5.75 Å². The van der Waals surface area contributed by atoms with E-state index in [2.05, 4.69) is 43.6 Å². The van der Waals surface area contributed by atoms with E-state index < -0.39 is 0 Å². The molecule has 0 bridgehead atoms. The summed E-state index contributed by atoms with van der Waals surface area (Å²) in [6, 6.07) is 9.24. The van der Waals surface area contributed by atoms with Crippen molar-refractivity contribution in [2.24, 2.45) is 11.8 Å². The van der Waals surface area contributed by atoms with Crippen LogP contribution in [0.15, 0.2) is 24.3 Å². The highest BCUT2D eigenvalue weighted by Gasteiger charge is 2.34. The Balaban J connectivity index is 1.75. The third kappa shape index (κ3) is 3.11. The van der Waals surface area contributed by atoms with Crippen LogP contribution in [0.4, 0.5) is 0 Å². The fourth-order valence-electron chi connectivity index (χ4n) is 4.46. The number of hydrogen-bond donors (Lipinski definition) is 1. The van der Waals surface area contributed by atoms with E-state index in [1.54, 1.807) is 0 Å². The fraction of sp³-hybridized carbons (Fsp3) is 0.684. The van der Waals surface area contributed by atoms with E-state index in [4.69, 9.17) is 4.74 Å². The van der Waals surface area contributed by atoms with E-state index in [0.717, 1.165) is 30.6 Å². The van der Waals surface area contributed by atoms with Gasteiger partial charge in [-0.1, -0.05) is 44.4 Å². The van der Waals surface area contributed by atoms with E-state index in [9.17, 15) is 0 Å². The Morgan fingerprint density at radius 1 is 1.14 bits per heavy atom. The predicted molar refractivity (Wildman–Crippen MR) is 87.9 cm³/mol. The van der Waals surface area contributed by atoms with Gasteiger partial charge in [0.2, 0.25) is 0 Å². The topological polar surface area (TPSA) is 21.3 Å². The van der Waals surface area contributed by atoms with E-state index in [-0.39, 0.29) is 0 Å². The lowest BCUT2D eigenvalue weighted by atomic mass is 9.72. The molecule has 2 unspecified atom stereocenters. The van der Waals surface area contributed by atoms with Crippen LogP contribution in [0.25, 0.3) is 0 Å². The zero-order valence-electron chi connectivity index (χ0n) is 13.5. The molecule has 1 aliphatic heterocycles. The van der Waals surface area contributed by atoms with Gasteiger partial charge in [-0.2, -0.15) is 0 Å². The van der Waals surface area contributed by atoms with E-state index >= 15 is 0 Å². The molecule has 116 valence electrons. The van der Waals surface area contributed by atoms with Crippen molar-refractivity contribution >= 4 is 0 Å². The molecule has 0 radical (unpaired) electrons. The minimum Gasteiger partial charge on any atom is -0.493 e. The molecule has 1 fully saturated rings. The summed E-state index contributed by atoms with van der Waals surface area (Å²) >= 11 is 0. The summed E-state index contributed by atoms with van der Waals surface area (Å²) < 4.78 is 5.84. The van der Waals surface area contributed by atoms with Crippen molar-refractivity contribution in [2.75, 3.05) is 13.7 Å². The fourth-order valence-corrected chi connectivity index (χ4v) is 4.46. The Hall–Kier alpha value is -1.02. The normalized spacial score (nSPS) is 30.3. The molecule has 1 aromatic carbocycles. The summed E-state index contributed by atoms with van der Waals surface area (Å²) in [5.74, 6) is 3.52. The average molecular weight is 287 g/mol. The van der Waals surface area contributed by atoms with Crippen molar-refractivity contribution in [2.45, 2.75) is 57.4 Å². The number of fused-ring (bicyclic) bond motifs is 1. The molecule has 1 N–H and O–H groups in total. The molecule has 2 aliphatic rings. The molecule has 1 saturated carbocycles. The predicted octanol–water partition coefficient (Wildman–Crippen LogP) is 4.36. The number of likely N-dealkylation sites (N-methyl/N-ethyl adjacent to an activating group) is 1. The lowest BCUT2D eigenvalue weighted by Gasteiger charge is -2.40. The van der Waals surface area contributed by atoms with Gasteiger partial charge in [0.1, 0.15) is 5.75 Å². The van der Waals surface area contributed by atoms with Crippen molar-refractivity contribution in [1.82, 2.24) is 5.32 Å². The Morgan fingerprint density at radius 3 is 2.62 bits per heavy atom. The van der Waals surface area contributed by atoms with Crippen LogP contribution >= 0.6 is 0 Å². The Labute approximate surface area is 129 Å². The molecule has 21 heavy (non-hydrogen) atoms. The van der Waals surface area contributed by atoms with Gasteiger partial charge in [0.25, 0.3) is 0 Å². The second-order valence-electron chi connectivity index (χ2n) is 6.78. The first-order chi connectivity index (χ1) is 10.3. The lowest BCUT2D eigenvalue weighted by molar-refractivity contribution is 0.176. The van der Waals surface area contributed by atoms with Crippen LogP contribution in [0.5, 0.6) is 5.75 Å². The minimum atomic E-state index is 0.604. The number of ether oxygens (including phenoxy) is 1. The number of rotatable bonds is 4. The van der Waals surface area contributed by atoms with Gasteiger partial charge in [0.05, 0.1) is 6.61 Å². The van der Waals surface area contributed by atoms with Crippen LogP contribution in [0.3, 0.4) is 0 Å². The summed E-state index contributed by atoms with van der Waals surface area (Å²) in [5, 5.41) is 3.66. The van der Waals surface area contributed by atoms with E-state index in [0.29, 0.717) is 12.0 Å².